The molecule has 128 valence electrons. The molecule has 1 aliphatic carbocycles. The molecule has 0 radical (unpaired) electrons. The molecule has 0 spiro atoms. The summed E-state index contributed by atoms with van der Waals surface area (Å²) in [6, 6.07) is 7.70. The summed E-state index contributed by atoms with van der Waals surface area (Å²) >= 11 is 3.41. The Morgan fingerprint density at radius 1 is 1.46 bits per heavy atom. The highest BCUT2D eigenvalue weighted by Crippen LogP contribution is 2.31. The third-order valence-corrected chi connectivity index (χ3v) is 4.51. The summed E-state index contributed by atoms with van der Waals surface area (Å²) in [7, 11) is 0. The normalized spacial score (nSPS) is 13.8. The number of hydrogen-bond acceptors (Lipinski definition) is 3. The Bertz CT molecular complexity index is 710. The maximum atomic E-state index is 12.2. The molecule has 1 aromatic carbocycles. The van der Waals surface area contributed by atoms with Crippen molar-refractivity contribution in [1.82, 2.24) is 9.78 Å². The van der Waals surface area contributed by atoms with Crippen LogP contribution in [0.1, 0.15) is 31.2 Å². The molecule has 0 aliphatic heterocycles. The Morgan fingerprint density at radius 2 is 2.29 bits per heavy atom. The van der Waals surface area contributed by atoms with E-state index < -0.39 is 0 Å². The summed E-state index contributed by atoms with van der Waals surface area (Å²) < 4.78 is 8.56. The fourth-order valence-electron chi connectivity index (χ4n) is 2.50. The van der Waals surface area contributed by atoms with Crippen LogP contribution >= 0.6 is 15.9 Å². The standard InChI is InChI=1S/C18H22BrN3O2/c1-13-11-20-22(12-14-7-8-14)18(13)21-17(23)6-3-9-24-16-5-2-4-15(19)10-16/h2,4-5,10-11,14H,3,6-9,12H2,1H3,(H,21,23). The first-order chi connectivity index (χ1) is 11.6. The SMILES string of the molecule is Cc1cnn(CC2CC2)c1NC(=O)CCCOc1cccc(Br)c1. The van der Waals surface area contributed by atoms with Gasteiger partial charge < -0.3 is 10.1 Å². The molecule has 1 aromatic heterocycles. The van der Waals surface area contributed by atoms with Crippen LogP contribution < -0.4 is 10.1 Å². The van der Waals surface area contributed by atoms with Gasteiger partial charge in [-0.15, -0.1) is 0 Å². The lowest BCUT2D eigenvalue weighted by atomic mass is 10.3. The zero-order chi connectivity index (χ0) is 16.9. The van der Waals surface area contributed by atoms with Crippen molar-refractivity contribution in [3.05, 3.63) is 40.5 Å². The van der Waals surface area contributed by atoms with Crippen LogP contribution in [0.3, 0.4) is 0 Å². The Morgan fingerprint density at radius 3 is 3.04 bits per heavy atom. The van der Waals surface area contributed by atoms with Crippen LogP contribution in [0.5, 0.6) is 5.75 Å². The summed E-state index contributed by atoms with van der Waals surface area (Å²) in [5.41, 5.74) is 1.01. The van der Waals surface area contributed by atoms with E-state index in [0.29, 0.717) is 19.4 Å². The summed E-state index contributed by atoms with van der Waals surface area (Å²) in [5.74, 6) is 2.37. The number of carbonyl (C=O) groups is 1. The van der Waals surface area contributed by atoms with Crippen molar-refractivity contribution in [3.8, 4) is 5.75 Å². The number of amides is 1. The maximum absolute atomic E-state index is 12.2. The predicted octanol–water partition coefficient (Wildman–Crippen LogP) is 4.16. The van der Waals surface area contributed by atoms with Gasteiger partial charge in [0.05, 0.1) is 12.8 Å². The van der Waals surface area contributed by atoms with Gasteiger partial charge >= 0.3 is 0 Å². The first-order valence-corrected chi connectivity index (χ1v) is 9.12. The Balaban J connectivity index is 1.43. The number of halogens is 1. The van der Waals surface area contributed by atoms with E-state index in [1.54, 1.807) is 0 Å². The van der Waals surface area contributed by atoms with Gasteiger partial charge in [-0.05, 0) is 50.3 Å². The van der Waals surface area contributed by atoms with Gasteiger partial charge in [0.15, 0.2) is 0 Å². The van der Waals surface area contributed by atoms with Crippen LogP contribution in [0.4, 0.5) is 5.82 Å². The van der Waals surface area contributed by atoms with Crippen LogP contribution in [0.2, 0.25) is 0 Å². The number of hydrogen-bond donors (Lipinski definition) is 1. The molecular weight excluding hydrogens is 370 g/mol. The predicted molar refractivity (Wildman–Crippen MR) is 97.2 cm³/mol. The van der Waals surface area contributed by atoms with Crippen LogP contribution in [0, 0.1) is 12.8 Å². The van der Waals surface area contributed by atoms with Crippen LogP contribution in [0.15, 0.2) is 34.9 Å². The largest absolute Gasteiger partial charge is 0.494 e. The van der Waals surface area contributed by atoms with Gasteiger partial charge in [-0.3, -0.25) is 4.79 Å². The average molecular weight is 392 g/mol. The molecule has 3 rings (SSSR count). The highest BCUT2D eigenvalue weighted by Gasteiger charge is 2.24. The molecule has 0 atom stereocenters. The van der Waals surface area contributed by atoms with Crippen molar-refractivity contribution < 1.29 is 9.53 Å². The molecule has 1 N–H and O–H groups in total. The molecular formula is C18H22BrN3O2. The quantitative estimate of drug-likeness (QED) is 0.687. The van der Waals surface area contributed by atoms with Gasteiger partial charge in [0.25, 0.3) is 0 Å². The Hall–Kier alpha value is -1.82. The summed E-state index contributed by atoms with van der Waals surface area (Å²) in [6.45, 7) is 3.39. The smallest absolute Gasteiger partial charge is 0.225 e. The second-order valence-electron chi connectivity index (χ2n) is 6.26. The van der Waals surface area contributed by atoms with Gasteiger partial charge in [-0.1, -0.05) is 22.0 Å². The van der Waals surface area contributed by atoms with E-state index in [1.165, 1.54) is 12.8 Å². The average Bonchev–Trinajstić information content (AvgIpc) is 3.31. The Labute approximate surface area is 150 Å². The van der Waals surface area contributed by atoms with Crippen molar-refractivity contribution in [2.75, 3.05) is 11.9 Å². The number of anilines is 1. The zero-order valence-corrected chi connectivity index (χ0v) is 15.4. The maximum Gasteiger partial charge on any atom is 0.225 e. The molecule has 1 heterocycles. The number of aryl methyl sites for hydroxylation is 1. The summed E-state index contributed by atoms with van der Waals surface area (Å²) in [5, 5.41) is 7.36. The van der Waals surface area contributed by atoms with E-state index in [4.69, 9.17) is 4.74 Å². The molecule has 1 saturated carbocycles. The lowest BCUT2D eigenvalue weighted by molar-refractivity contribution is -0.116. The van der Waals surface area contributed by atoms with Crippen molar-refractivity contribution in [2.45, 2.75) is 39.2 Å². The highest BCUT2D eigenvalue weighted by atomic mass is 79.9. The van der Waals surface area contributed by atoms with Crippen molar-refractivity contribution in [3.63, 3.8) is 0 Å². The number of ether oxygens (including phenoxy) is 1. The van der Waals surface area contributed by atoms with E-state index in [2.05, 4.69) is 26.3 Å². The minimum absolute atomic E-state index is 0.00786. The zero-order valence-electron chi connectivity index (χ0n) is 13.8. The third kappa shape index (κ3) is 4.84. The van der Waals surface area contributed by atoms with E-state index in [9.17, 15) is 4.79 Å². The van der Waals surface area contributed by atoms with Crippen molar-refractivity contribution >= 4 is 27.7 Å². The molecule has 24 heavy (non-hydrogen) atoms. The fourth-order valence-corrected chi connectivity index (χ4v) is 2.88. The first kappa shape index (κ1) is 17.0. The second kappa shape index (κ2) is 7.83. The number of rotatable bonds is 8. The lowest BCUT2D eigenvalue weighted by Crippen LogP contribution is -2.17. The topological polar surface area (TPSA) is 56.2 Å². The Kier molecular flexibility index (Phi) is 5.56. The van der Waals surface area contributed by atoms with Crippen LogP contribution in [-0.2, 0) is 11.3 Å². The molecule has 1 aliphatic rings. The molecule has 6 heteroatoms. The monoisotopic (exact) mass is 391 g/mol. The number of nitrogens with one attached hydrogen (secondary N) is 1. The molecule has 1 fully saturated rings. The second-order valence-corrected chi connectivity index (χ2v) is 7.17. The first-order valence-electron chi connectivity index (χ1n) is 8.32. The van der Waals surface area contributed by atoms with Gasteiger partial charge in [-0.25, -0.2) is 4.68 Å². The van der Waals surface area contributed by atoms with E-state index >= 15 is 0 Å². The van der Waals surface area contributed by atoms with Gasteiger partial charge in [0, 0.05) is 23.0 Å². The minimum atomic E-state index is 0.00786. The van der Waals surface area contributed by atoms with Gasteiger partial charge in [0.1, 0.15) is 11.6 Å². The molecule has 0 bridgehead atoms. The van der Waals surface area contributed by atoms with Crippen molar-refractivity contribution in [1.29, 1.82) is 0 Å². The van der Waals surface area contributed by atoms with Gasteiger partial charge in [0.2, 0.25) is 5.91 Å². The fraction of sp³-hybridized carbons (Fsp3) is 0.444. The highest BCUT2D eigenvalue weighted by molar-refractivity contribution is 9.10. The molecule has 0 saturated heterocycles. The lowest BCUT2D eigenvalue weighted by Gasteiger charge is -2.10. The number of carbonyl (C=O) groups excluding carboxylic acids is 1. The molecule has 5 nitrogen and oxygen atoms in total. The van der Waals surface area contributed by atoms with E-state index in [1.807, 2.05) is 42.1 Å². The number of nitrogens with zero attached hydrogens (tertiary/aromatic N) is 2. The minimum Gasteiger partial charge on any atom is -0.494 e. The number of aromatic nitrogens is 2. The molecule has 0 unspecified atom stereocenters. The third-order valence-electron chi connectivity index (χ3n) is 4.02. The molecule has 2 aromatic rings. The summed E-state index contributed by atoms with van der Waals surface area (Å²) in [6.07, 6.45) is 5.45. The molecule has 1 amide bonds. The van der Waals surface area contributed by atoms with E-state index in [0.717, 1.165) is 34.1 Å². The van der Waals surface area contributed by atoms with E-state index in [-0.39, 0.29) is 5.91 Å². The van der Waals surface area contributed by atoms with Crippen LogP contribution in [-0.4, -0.2) is 22.3 Å². The van der Waals surface area contributed by atoms with Gasteiger partial charge in [-0.2, -0.15) is 5.10 Å². The van der Waals surface area contributed by atoms with Crippen LogP contribution in [0.25, 0.3) is 0 Å². The van der Waals surface area contributed by atoms with Crippen molar-refractivity contribution in [2.24, 2.45) is 5.92 Å². The summed E-state index contributed by atoms with van der Waals surface area (Å²) in [4.78, 5) is 12.2. The number of benzene rings is 1.